The molecule has 0 radical (unpaired) electrons. The van der Waals surface area contributed by atoms with Crippen molar-refractivity contribution in [3.63, 3.8) is 0 Å². The Morgan fingerprint density at radius 3 is 2.67 bits per heavy atom. The maximum atomic E-state index is 11.6. The van der Waals surface area contributed by atoms with Crippen molar-refractivity contribution in [2.75, 3.05) is 5.32 Å². The van der Waals surface area contributed by atoms with Gasteiger partial charge in [-0.15, -0.1) is 0 Å². The minimum Gasteiger partial charge on any atom is -0.438 e. The number of pyridine rings is 1. The van der Waals surface area contributed by atoms with Crippen molar-refractivity contribution in [1.29, 1.82) is 0 Å². The van der Waals surface area contributed by atoms with Crippen LogP contribution in [0.15, 0.2) is 10.9 Å². The summed E-state index contributed by atoms with van der Waals surface area (Å²) in [5.41, 5.74) is 0.656. The molecule has 2 rings (SSSR count). The second kappa shape index (κ2) is 2.85. The molecule has 1 aliphatic rings. The number of hydrogen-bond acceptors (Lipinski definition) is 3. The number of carbonyl (C=O) groups excluding carboxylic acids is 1. The second-order valence-electron chi connectivity index (χ2n) is 4.09. The van der Waals surface area contributed by atoms with E-state index in [0.29, 0.717) is 5.56 Å². The molecular weight excluding hydrogens is 196 g/mol. The molecule has 0 saturated carbocycles. The second-order valence-corrected chi connectivity index (χ2v) is 4.09. The Kier molecular flexibility index (Phi) is 1.86. The lowest BCUT2D eigenvalue weighted by atomic mass is 9.95. The van der Waals surface area contributed by atoms with Gasteiger partial charge in [-0.1, -0.05) is 0 Å². The van der Waals surface area contributed by atoms with E-state index in [1.54, 1.807) is 26.8 Å². The predicted molar refractivity (Wildman–Crippen MR) is 54.9 cm³/mol. The quantitative estimate of drug-likeness (QED) is 0.678. The smallest absolute Gasteiger partial charge is 0.412 e. The van der Waals surface area contributed by atoms with Crippen molar-refractivity contribution >= 4 is 11.8 Å². The molecule has 1 aromatic heterocycles. The van der Waals surface area contributed by atoms with Crippen LogP contribution in [-0.4, -0.2) is 11.1 Å². The van der Waals surface area contributed by atoms with E-state index in [4.69, 9.17) is 4.74 Å². The summed E-state index contributed by atoms with van der Waals surface area (Å²) >= 11 is 0. The van der Waals surface area contributed by atoms with E-state index in [2.05, 4.69) is 10.3 Å². The number of carbonyl (C=O) groups is 1. The molecule has 2 N–H and O–H groups in total. The number of nitrogens with one attached hydrogen (secondary N) is 2. The summed E-state index contributed by atoms with van der Waals surface area (Å²) in [4.78, 5) is 25.4. The number of hydrogen-bond donors (Lipinski definition) is 2. The van der Waals surface area contributed by atoms with Crippen molar-refractivity contribution in [2.24, 2.45) is 0 Å². The zero-order valence-corrected chi connectivity index (χ0v) is 8.80. The summed E-state index contributed by atoms with van der Waals surface area (Å²) < 4.78 is 5.11. The highest BCUT2D eigenvalue weighted by atomic mass is 16.6. The first-order valence-electron chi connectivity index (χ1n) is 4.64. The molecule has 0 aromatic carbocycles. The predicted octanol–water partition coefficient (Wildman–Crippen LogP) is 1.48. The Morgan fingerprint density at radius 1 is 1.33 bits per heavy atom. The van der Waals surface area contributed by atoms with Crippen LogP contribution in [0, 0.1) is 6.92 Å². The van der Waals surface area contributed by atoms with Crippen LogP contribution < -0.4 is 10.9 Å². The highest BCUT2D eigenvalue weighted by Gasteiger charge is 2.34. The molecule has 1 aliphatic heterocycles. The van der Waals surface area contributed by atoms with Crippen molar-refractivity contribution in [3.8, 4) is 0 Å². The molecule has 0 unspecified atom stereocenters. The Hall–Kier alpha value is -1.78. The average Bonchev–Trinajstić information content (AvgIpc) is 2.06. The lowest BCUT2D eigenvalue weighted by molar-refractivity contribution is 0.0417. The molecule has 1 amide bonds. The van der Waals surface area contributed by atoms with Crippen LogP contribution in [0.2, 0.25) is 0 Å². The highest BCUT2D eigenvalue weighted by Crippen LogP contribution is 2.33. The highest BCUT2D eigenvalue weighted by molar-refractivity contribution is 5.88. The maximum Gasteiger partial charge on any atom is 0.412 e. The van der Waals surface area contributed by atoms with Crippen LogP contribution in [0.4, 0.5) is 10.5 Å². The van der Waals surface area contributed by atoms with Gasteiger partial charge in [0, 0.05) is 11.3 Å². The number of anilines is 1. The summed E-state index contributed by atoms with van der Waals surface area (Å²) in [5, 5.41) is 2.41. The fourth-order valence-electron chi connectivity index (χ4n) is 1.70. The zero-order chi connectivity index (χ0) is 11.2. The molecule has 0 aliphatic carbocycles. The number of aryl methyl sites for hydroxylation is 1. The van der Waals surface area contributed by atoms with Gasteiger partial charge in [-0.05, 0) is 26.8 Å². The Bertz CT molecular complexity index is 488. The van der Waals surface area contributed by atoms with Gasteiger partial charge in [0.15, 0.2) is 0 Å². The van der Waals surface area contributed by atoms with Crippen LogP contribution in [0.1, 0.15) is 25.1 Å². The SMILES string of the molecule is Cc1cc2c(c(=O)[nH]1)NC(=O)OC2(C)C. The third kappa shape index (κ3) is 1.49. The monoisotopic (exact) mass is 208 g/mol. The van der Waals surface area contributed by atoms with Gasteiger partial charge in [0.05, 0.1) is 0 Å². The summed E-state index contributed by atoms with van der Waals surface area (Å²) in [5.74, 6) is 0. The number of aromatic amines is 1. The molecule has 0 saturated heterocycles. The van der Waals surface area contributed by atoms with Crippen LogP contribution in [0.25, 0.3) is 0 Å². The van der Waals surface area contributed by atoms with Gasteiger partial charge >= 0.3 is 6.09 Å². The molecule has 0 atom stereocenters. The van der Waals surface area contributed by atoms with Crippen LogP contribution in [0.5, 0.6) is 0 Å². The number of H-pyrrole nitrogens is 1. The van der Waals surface area contributed by atoms with E-state index in [0.717, 1.165) is 5.69 Å². The van der Waals surface area contributed by atoms with E-state index in [1.807, 2.05) is 0 Å². The van der Waals surface area contributed by atoms with Gasteiger partial charge in [-0.25, -0.2) is 4.79 Å². The first-order valence-corrected chi connectivity index (χ1v) is 4.64. The minimum absolute atomic E-state index is 0.279. The fraction of sp³-hybridized carbons (Fsp3) is 0.400. The number of fused-ring (bicyclic) bond motifs is 1. The van der Waals surface area contributed by atoms with Gasteiger partial charge in [-0.2, -0.15) is 0 Å². The maximum absolute atomic E-state index is 11.6. The van der Waals surface area contributed by atoms with E-state index in [1.165, 1.54) is 0 Å². The van der Waals surface area contributed by atoms with Gasteiger partial charge in [0.2, 0.25) is 0 Å². The first-order chi connectivity index (χ1) is 6.90. The largest absolute Gasteiger partial charge is 0.438 e. The number of cyclic esters (lactones) is 1. The van der Waals surface area contributed by atoms with Gasteiger partial charge in [0.1, 0.15) is 11.3 Å². The molecule has 0 bridgehead atoms. The van der Waals surface area contributed by atoms with E-state index >= 15 is 0 Å². The van der Waals surface area contributed by atoms with Gasteiger partial charge in [0.25, 0.3) is 5.56 Å². The number of ether oxygens (including phenoxy) is 1. The molecular formula is C10H12N2O3. The molecule has 5 nitrogen and oxygen atoms in total. The normalized spacial score (nSPS) is 17.7. The standard InChI is InChI=1S/C10H12N2O3/c1-5-4-6-7(8(13)11-5)12-9(14)15-10(6,2)3/h4H,1-3H3,(H,11,13)(H,12,14). The van der Waals surface area contributed by atoms with Crippen molar-refractivity contribution in [1.82, 2.24) is 4.98 Å². The Morgan fingerprint density at radius 2 is 2.00 bits per heavy atom. The molecule has 15 heavy (non-hydrogen) atoms. The summed E-state index contributed by atoms with van der Waals surface area (Å²) in [6.07, 6.45) is -0.596. The van der Waals surface area contributed by atoms with Gasteiger partial charge < -0.3 is 9.72 Å². The molecule has 1 aromatic rings. The third-order valence-corrected chi connectivity index (χ3v) is 2.39. The van der Waals surface area contributed by atoms with Crippen LogP contribution in [0.3, 0.4) is 0 Å². The molecule has 0 fully saturated rings. The Balaban J connectivity index is 2.72. The van der Waals surface area contributed by atoms with Crippen molar-refractivity contribution < 1.29 is 9.53 Å². The van der Waals surface area contributed by atoms with Crippen molar-refractivity contribution in [2.45, 2.75) is 26.4 Å². The summed E-state index contributed by atoms with van der Waals surface area (Å²) in [6.45, 7) is 5.29. The number of rotatable bonds is 0. The lowest BCUT2D eigenvalue weighted by Crippen LogP contribution is -2.38. The topological polar surface area (TPSA) is 71.2 Å². The average molecular weight is 208 g/mol. The number of aromatic nitrogens is 1. The van der Waals surface area contributed by atoms with E-state index in [9.17, 15) is 9.59 Å². The first kappa shape index (κ1) is 9.76. The van der Waals surface area contributed by atoms with Gasteiger partial charge in [-0.3, -0.25) is 10.1 Å². The molecule has 80 valence electrons. The van der Waals surface area contributed by atoms with Crippen molar-refractivity contribution in [3.05, 3.63) is 27.7 Å². The summed E-state index contributed by atoms with van der Waals surface area (Å²) in [6, 6.07) is 1.80. The number of amides is 1. The lowest BCUT2D eigenvalue weighted by Gasteiger charge is -2.31. The minimum atomic E-state index is -0.767. The van der Waals surface area contributed by atoms with E-state index in [-0.39, 0.29) is 11.2 Å². The van der Waals surface area contributed by atoms with Crippen LogP contribution >= 0.6 is 0 Å². The molecule has 0 spiro atoms. The van der Waals surface area contributed by atoms with E-state index < -0.39 is 11.7 Å². The third-order valence-electron chi connectivity index (χ3n) is 2.39. The zero-order valence-electron chi connectivity index (χ0n) is 8.80. The summed E-state index contributed by atoms with van der Waals surface area (Å²) in [7, 11) is 0. The molecule has 5 heteroatoms. The van der Waals surface area contributed by atoms with Crippen LogP contribution in [-0.2, 0) is 10.3 Å². The Labute approximate surface area is 86.5 Å². The molecule has 2 heterocycles. The fourth-order valence-corrected chi connectivity index (χ4v) is 1.70.